The normalized spacial score (nSPS) is 14.1. The van der Waals surface area contributed by atoms with Gasteiger partial charge in [0.25, 0.3) is 5.56 Å². The molecule has 1 aromatic heterocycles. The molecule has 112 valence electrons. The highest BCUT2D eigenvalue weighted by Crippen LogP contribution is 2.34. The van der Waals surface area contributed by atoms with E-state index in [2.05, 4.69) is 17.5 Å². The van der Waals surface area contributed by atoms with Crippen LogP contribution in [0.2, 0.25) is 10.2 Å². The molecule has 0 radical (unpaired) electrons. The Morgan fingerprint density at radius 2 is 1.86 bits per heavy atom. The second kappa shape index (κ2) is 5.59. The van der Waals surface area contributed by atoms with Crippen LogP contribution in [-0.2, 0) is 13.1 Å². The van der Waals surface area contributed by atoms with Crippen molar-refractivity contribution in [1.82, 2.24) is 9.36 Å². The Bertz CT molecular complexity index is 772. The Morgan fingerprint density at radius 1 is 1.19 bits per heavy atom. The Morgan fingerprint density at radius 3 is 2.48 bits per heavy atom. The van der Waals surface area contributed by atoms with Crippen LogP contribution in [0.25, 0.3) is 11.1 Å². The topological polar surface area (TPSA) is 39.0 Å². The molecule has 3 rings (SSSR count). The molecule has 0 saturated heterocycles. The zero-order valence-corrected chi connectivity index (χ0v) is 13.3. The molecular weight excluding hydrogens is 336 g/mol. The third-order valence-corrected chi connectivity index (χ3v) is 4.55. The molecule has 0 fully saturated rings. The van der Waals surface area contributed by atoms with Crippen molar-refractivity contribution >= 4 is 41.7 Å². The zero-order chi connectivity index (χ0) is 15.1. The molecule has 0 unspecified atom stereocenters. The molecule has 1 aromatic carbocycles. The second-order valence-electron chi connectivity index (χ2n) is 4.85. The van der Waals surface area contributed by atoms with Gasteiger partial charge in [0.05, 0.1) is 16.3 Å². The molecule has 1 N–H and O–H groups in total. The van der Waals surface area contributed by atoms with E-state index in [0.717, 1.165) is 18.9 Å². The number of aromatic nitrogens is 2. The molecule has 0 aliphatic carbocycles. The van der Waals surface area contributed by atoms with Gasteiger partial charge in [-0.05, 0) is 25.0 Å². The standard InChI is InChI=1S/C13H12Cl2FN3OS/c14-8-6-9(16)7(5-10(8)17-21)11-12(15)18-3-1-2-4-19(18)13(11)20/h5-6,17,21H,1-4H2. The lowest BCUT2D eigenvalue weighted by Gasteiger charge is -2.17. The van der Waals surface area contributed by atoms with Gasteiger partial charge in [-0.2, -0.15) is 0 Å². The fourth-order valence-electron chi connectivity index (χ4n) is 2.58. The van der Waals surface area contributed by atoms with Gasteiger partial charge in [0.2, 0.25) is 0 Å². The van der Waals surface area contributed by atoms with Crippen molar-refractivity contribution in [3.63, 3.8) is 0 Å². The smallest absolute Gasteiger partial charge is 0.276 e. The highest BCUT2D eigenvalue weighted by Gasteiger charge is 2.24. The van der Waals surface area contributed by atoms with Crippen LogP contribution in [0.5, 0.6) is 0 Å². The van der Waals surface area contributed by atoms with E-state index in [0.29, 0.717) is 18.8 Å². The minimum atomic E-state index is -0.588. The van der Waals surface area contributed by atoms with Gasteiger partial charge in [0, 0.05) is 18.7 Å². The number of halogens is 3. The van der Waals surface area contributed by atoms with Gasteiger partial charge in [-0.1, -0.05) is 36.0 Å². The first-order chi connectivity index (χ1) is 10.0. The maximum atomic E-state index is 14.2. The summed E-state index contributed by atoms with van der Waals surface area (Å²) in [6.45, 7) is 1.24. The monoisotopic (exact) mass is 347 g/mol. The summed E-state index contributed by atoms with van der Waals surface area (Å²) in [5.41, 5.74) is 0.421. The van der Waals surface area contributed by atoms with E-state index in [4.69, 9.17) is 23.2 Å². The fraction of sp³-hybridized carbons (Fsp3) is 0.308. The third-order valence-electron chi connectivity index (χ3n) is 3.61. The molecule has 4 nitrogen and oxygen atoms in total. The van der Waals surface area contributed by atoms with Gasteiger partial charge >= 0.3 is 0 Å². The Hall–Kier alpha value is -1.11. The average molecular weight is 348 g/mol. The van der Waals surface area contributed by atoms with Crippen LogP contribution < -0.4 is 10.3 Å². The molecule has 2 heterocycles. The summed E-state index contributed by atoms with van der Waals surface area (Å²) in [6.07, 6.45) is 1.85. The number of hydrogen-bond acceptors (Lipinski definition) is 3. The van der Waals surface area contributed by atoms with E-state index in [1.54, 1.807) is 9.36 Å². The average Bonchev–Trinajstić information content (AvgIpc) is 2.72. The summed E-state index contributed by atoms with van der Waals surface area (Å²) in [5, 5.41) is 0.442. The number of rotatable bonds is 2. The van der Waals surface area contributed by atoms with Crippen molar-refractivity contribution < 1.29 is 4.39 Å². The van der Waals surface area contributed by atoms with Gasteiger partial charge in [-0.25, -0.2) is 9.07 Å². The largest absolute Gasteiger partial charge is 0.331 e. The summed E-state index contributed by atoms with van der Waals surface area (Å²) in [7, 11) is 0. The minimum absolute atomic E-state index is 0.125. The molecule has 0 atom stereocenters. The van der Waals surface area contributed by atoms with Crippen molar-refractivity contribution in [1.29, 1.82) is 0 Å². The summed E-state index contributed by atoms with van der Waals surface area (Å²) >= 11 is 16.1. The van der Waals surface area contributed by atoms with Crippen LogP contribution in [0.1, 0.15) is 12.8 Å². The lowest BCUT2D eigenvalue weighted by atomic mass is 10.1. The molecule has 0 amide bonds. The van der Waals surface area contributed by atoms with Crippen molar-refractivity contribution in [2.24, 2.45) is 0 Å². The van der Waals surface area contributed by atoms with Crippen LogP contribution in [-0.4, -0.2) is 9.36 Å². The van der Waals surface area contributed by atoms with Gasteiger partial charge in [0.15, 0.2) is 0 Å². The Labute approximate surface area is 136 Å². The molecular formula is C13H12Cl2FN3OS. The van der Waals surface area contributed by atoms with Gasteiger partial charge < -0.3 is 4.72 Å². The molecule has 21 heavy (non-hydrogen) atoms. The second-order valence-corrected chi connectivity index (χ2v) is 5.84. The van der Waals surface area contributed by atoms with Crippen LogP contribution in [0.15, 0.2) is 16.9 Å². The zero-order valence-electron chi connectivity index (χ0n) is 10.9. The van der Waals surface area contributed by atoms with Gasteiger partial charge in [-0.3, -0.25) is 9.48 Å². The summed E-state index contributed by atoms with van der Waals surface area (Å²) < 4.78 is 20.1. The maximum absolute atomic E-state index is 14.2. The number of fused-ring (bicyclic) bond motifs is 1. The van der Waals surface area contributed by atoms with Gasteiger partial charge in [-0.15, -0.1) is 0 Å². The van der Waals surface area contributed by atoms with Crippen LogP contribution >= 0.6 is 36.0 Å². The van der Waals surface area contributed by atoms with Crippen molar-refractivity contribution in [2.45, 2.75) is 25.9 Å². The number of nitrogens with zero attached hydrogens (tertiary/aromatic N) is 2. The lowest BCUT2D eigenvalue weighted by molar-refractivity contribution is 0.356. The first-order valence-electron chi connectivity index (χ1n) is 6.43. The number of nitrogens with one attached hydrogen (secondary N) is 1. The number of anilines is 1. The quantitative estimate of drug-likeness (QED) is 0.810. The highest BCUT2D eigenvalue weighted by atomic mass is 35.5. The summed E-state index contributed by atoms with van der Waals surface area (Å²) in [6, 6.07) is 2.59. The van der Waals surface area contributed by atoms with E-state index in [9.17, 15) is 9.18 Å². The van der Waals surface area contributed by atoms with E-state index in [1.165, 1.54) is 6.07 Å². The van der Waals surface area contributed by atoms with Crippen LogP contribution in [0.4, 0.5) is 10.1 Å². The van der Waals surface area contributed by atoms with Crippen LogP contribution in [0, 0.1) is 5.82 Å². The molecule has 8 heteroatoms. The molecule has 0 spiro atoms. The summed E-state index contributed by atoms with van der Waals surface area (Å²) in [4.78, 5) is 12.5. The first kappa shape index (κ1) is 14.8. The Kier molecular flexibility index (Phi) is 3.94. The van der Waals surface area contributed by atoms with E-state index in [-0.39, 0.29) is 26.9 Å². The lowest BCUT2D eigenvalue weighted by Crippen LogP contribution is -2.27. The number of hydrogen-bond donors (Lipinski definition) is 2. The predicted octanol–water partition coefficient (Wildman–Crippen LogP) is 3.81. The van der Waals surface area contributed by atoms with Crippen molar-refractivity contribution in [3.8, 4) is 11.1 Å². The van der Waals surface area contributed by atoms with Crippen molar-refractivity contribution in [3.05, 3.63) is 38.5 Å². The molecule has 2 aromatic rings. The van der Waals surface area contributed by atoms with E-state index < -0.39 is 5.82 Å². The third kappa shape index (κ3) is 2.35. The number of benzene rings is 1. The Balaban J connectivity index is 2.27. The van der Waals surface area contributed by atoms with E-state index >= 15 is 0 Å². The van der Waals surface area contributed by atoms with Gasteiger partial charge in [0.1, 0.15) is 11.0 Å². The molecule has 1 aliphatic rings. The van der Waals surface area contributed by atoms with E-state index in [1.807, 2.05) is 0 Å². The van der Waals surface area contributed by atoms with Crippen molar-refractivity contribution in [2.75, 3.05) is 4.72 Å². The number of thiol groups is 1. The minimum Gasteiger partial charge on any atom is -0.331 e. The molecule has 0 saturated carbocycles. The first-order valence-corrected chi connectivity index (χ1v) is 7.63. The SMILES string of the molecule is O=c1c(-c2cc(NS)c(Cl)cc2F)c(Cl)n2n1CCCC2. The van der Waals surface area contributed by atoms with Crippen LogP contribution in [0.3, 0.4) is 0 Å². The molecule has 0 bridgehead atoms. The fourth-order valence-corrected chi connectivity index (χ4v) is 3.39. The maximum Gasteiger partial charge on any atom is 0.276 e. The summed E-state index contributed by atoms with van der Waals surface area (Å²) in [5.74, 6) is -0.588. The highest BCUT2D eigenvalue weighted by molar-refractivity contribution is 7.81. The molecule has 1 aliphatic heterocycles. The predicted molar refractivity (Wildman–Crippen MR) is 85.9 cm³/mol.